The van der Waals surface area contributed by atoms with Crippen LogP contribution >= 0.6 is 0 Å². The Hall–Kier alpha value is -0.740. The molecule has 0 spiro atoms. The molecule has 0 bridgehead atoms. The van der Waals surface area contributed by atoms with Crippen molar-refractivity contribution in [2.75, 3.05) is 0 Å². The quantitative estimate of drug-likeness (QED) is 0.774. The van der Waals surface area contributed by atoms with Crippen LogP contribution in [0.3, 0.4) is 0 Å². The van der Waals surface area contributed by atoms with E-state index < -0.39 is 24.5 Å². The lowest BCUT2D eigenvalue weighted by atomic mass is 9.78. The van der Waals surface area contributed by atoms with Crippen molar-refractivity contribution < 1.29 is 23.1 Å². The van der Waals surface area contributed by atoms with Crippen molar-refractivity contribution in [3.8, 4) is 0 Å². The van der Waals surface area contributed by atoms with Gasteiger partial charge in [0, 0.05) is 0 Å². The van der Waals surface area contributed by atoms with Gasteiger partial charge in [0.1, 0.15) is 0 Å². The molecule has 0 radical (unpaired) electrons. The van der Waals surface area contributed by atoms with Crippen LogP contribution in [-0.4, -0.2) is 17.3 Å². The summed E-state index contributed by atoms with van der Waals surface area (Å²) in [7, 11) is 0. The van der Waals surface area contributed by atoms with Crippen molar-refractivity contribution >= 4 is 5.97 Å². The van der Waals surface area contributed by atoms with Gasteiger partial charge >= 0.3 is 12.1 Å². The van der Waals surface area contributed by atoms with E-state index in [1.807, 2.05) is 0 Å². The van der Waals surface area contributed by atoms with Crippen molar-refractivity contribution in [3.63, 3.8) is 0 Å². The minimum atomic E-state index is -4.37. The molecule has 0 aromatic heterocycles. The lowest BCUT2D eigenvalue weighted by molar-refractivity contribution is -0.165. The van der Waals surface area contributed by atoms with E-state index in [0.29, 0.717) is 0 Å². The van der Waals surface area contributed by atoms with Crippen LogP contribution in [0.15, 0.2) is 0 Å². The summed E-state index contributed by atoms with van der Waals surface area (Å²) in [6.45, 7) is 0. The smallest absolute Gasteiger partial charge is 0.389 e. The monoisotopic (exact) mass is 210 g/mol. The second-order valence-electron chi connectivity index (χ2n) is 3.89. The summed E-state index contributed by atoms with van der Waals surface area (Å²) in [6.07, 6.45) is -2.62. The van der Waals surface area contributed by atoms with Crippen LogP contribution < -0.4 is 0 Å². The van der Waals surface area contributed by atoms with Gasteiger partial charge in [-0.05, 0) is 12.3 Å². The maximum atomic E-state index is 12.0. The maximum Gasteiger partial charge on any atom is 0.389 e. The Morgan fingerprint density at radius 3 is 2.29 bits per heavy atom. The van der Waals surface area contributed by atoms with E-state index in [4.69, 9.17) is 5.11 Å². The molecule has 1 aliphatic carbocycles. The molecule has 0 amide bonds. The molecule has 1 aliphatic rings. The molecule has 0 heterocycles. The van der Waals surface area contributed by atoms with E-state index in [2.05, 4.69) is 0 Å². The molecule has 2 nitrogen and oxygen atoms in total. The Labute approximate surface area is 80.1 Å². The summed E-state index contributed by atoms with van der Waals surface area (Å²) < 4.78 is 35.9. The van der Waals surface area contributed by atoms with E-state index in [-0.39, 0.29) is 12.3 Å². The molecule has 0 saturated heterocycles. The van der Waals surface area contributed by atoms with Crippen LogP contribution in [0.4, 0.5) is 13.2 Å². The Morgan fingerprint density at radius 1 is 1.43 bits per heavy atom. The Morgan fingerprint density at radius 2 is 2.00 bits per heavy atom. The third kappa shape index (κ3) is 3.55. The van der Waals surface area contributed by atoms with Crippen LogP contribution in [0.2, 0.25) is 0 Å². The first kappa shape index (κ1) is 11.3. The molecule has 1 fully saturated rings. The van der Waals surface area contributed by atoms with E-state index in [9.17, 15) is 18.0 Å². The van der Waals surface area contributed by atoms with Crippen molar-refractivity contribution in [1.82, 2.24) is 0 Å². The highest BCUT2D eigenvalue weighted by Gasteiger charge is 2.37. The lowest BCUT2D eigenvalue weighted by Crippen LogP contribution is -2.26. The third-order valence-corrected chi connectivity index (χ3v) is 2.67. The van der Waals surface area contributed by atoms with Gasteiger partial charge in [-0.15, -0.1) is 0 Å². The summed E-state index contributed by atoms with van der Waals surface area (Å²) in [6, 6.07) is 0. The van der Waals surface area contributed by atoms with E-state index in [1.165, 1.54) is 0 Å². The molecule has 82 valence electrons. The lowest BCUT2D eigenvalue weighted by Gasteiger charge is -2.28. The average Bonchev–Trinajstić information content (AvgIpc) is 1.91. The number of alkyl halides is 3. The topological polar surface area (TPSA) is 37.3 Å². The zero-order valence-electron chi connectivity index (χ0n) is 7.68. The minimum absolute atomic E-state index is 0.175. The normalized spacial score (nSPS) is 20.2. The van der Waals surface area contributed by atoms with Crippen LogP contribution in [-0.2, 0) is 4.79 Å². The second kappa shape index (κ2) is 4.19. The van der Waals surface area contributed by atoms with Gasteiger partial charge in [0.2, 0.25) is 0 Å². The Bertz CT molecular complexity index is 209. The molecule has 5 heteroatoms. The summed E-state index contributed by atoms with van der Waals surface area (Å²) >= 11 is 0. The number of halogens is 3. The van der Waals surface area contributed by atoms with Crippen molar-refractivity contribution in [2.24, 2.45) is 11.8 Å². The number of carboxylic acids is 1. The number of hydrogen-bond acceptors (Lipinski definition) is 1. The molecular weight excluding hydrogens is 197 g/mol. The van der Waals surface area contributed by atoms with Crippen molar-refractivity contribution in [1.29, 1.82) is 0 Å². The zero-order chi connectivity index (χ0) is 10.8. The third-order valence-electron chi connectivity index (χ3n) is 2.67. The first-order valence-electron chi connectivity index (χ1n) is 4.68. The van der Waals surface area contributed by atoms with Gasteiger partial charge in [0.05, 0.1) is 12.3 Å². The first-order chi connectivity index (χ1) is 6.38. The summed E-state index contributed by atoms with van der Waals surface area (Å²) in [5.41, 5.74) is 0. The van der Waals surface area contributed by atoms with Crippen LogP contribution in [0, 0.1) is 11.8 Å². The van der Waals surface area contributed by atoms with Gasteiger partial charge < -0.3 is 5.11 Å². The van der Waals surface area contributed by atoms with E-state index >= 15 is 0 Å². The molecule has 0 aromatic rings. The Kier molecular flexibility index (Phi) is 3.39. The molecule has 0 unspecified atom stereocenters. The van der Waals surface area contributed by atoms with Crippen LogP contribution in [0.25, 0.3) is 0 Å². The molecule has 1 atom stereocenters. The number of aliphatic carboxylic acids is 1. The molecule has 1 saturated carbocycles. The van der Waals surface area contributed by atoms with Gasteiger partial charge in [-0.25, -0.2) is 0 Å². The summed E-state index contributed by atoms with van der Waals surface area (Å²) in [4.78, 5) is 10.6. The molecule has 0 aliphatic heterocycles. The predicted octanol–water partition coefficient (Wildman–Crippen LogP) is 2.83. The number of carboxylic acid groups (broad SMARTS) is 1. The molecule has 0 aromatic carbocycles. The highest BCUT2D eigenvalue weighted by Crippen LogP contribution is 2.36. The molecular formula is C9H13F3O2. The average molecular weight is 210 g/mol. The van der Waals surface area contributed by atoms with Crippen LogP contribution in [0.5, 0.6) is 0 Å². The predicted molar refractivity (Wildman–Crippen MR) is 43.8 cm³/mol. The summed E-state index contributed by atoms with van der Waals surface area (Å²) in [5.74, 6) is -2.38. The van der Waals surface area contributed by atoms with Gasteiger partial charge in [0.15, 0.2) is 0 Å². The van der Waals surface area contributed by atoms with Crippen molar-refractivity contribution in [2.45, 2.75) is 38.3 Å². The number of hydrogen-bond donors (Lipinski definition) is 1. The van der Waals surface area contributed by atoms with Gasteiger partial charge in [0.25, 0.3) is 0 Å². The van der Waals surface area contributed by atoms with Gasteiger partial charge in [-0.1, -0.05) is 19.3 Å². The number of rotatable bonds is 4. The SMILES string of the molecule is O=C(O)[C@H](CC1CCC1)CC(F)(F)F. The fourth-order valence-electron chi connectivity index (χ4n) is 1.68. The van der Waals surface area contributed by atoms with E-state index in [0.717, 1.165) is 19.3 Å². The molecule has 1 rings (SSSR count). The van der Waals surface area contributed by atoms with Gasteiger partial charge in [-0.3, -0.25) is 4.79 Å². The number of carbonyl (C=O) groups is 1. The second-order valence-corrected chi connectivity index (χ2v) is 3.89. The highest BCUT2D eigenvalue weighted by molar-refractivity contribution is 5.70. The van der Waals surface area contributed by atoms with Gasteiger partial charge in [-0.2, -0.15) is 13.2 Å². The fourth-order valence-corrected chi connectivity index (χ4v) is 1.68. The van der Waals surface area contributed by atoms with Crippen molar-refractivity contribution in [3.05, 3.63) is 0 Å². The fraction of sp³-hybridized carbons (Fsp3) is 0.889. The zero-order valence-corrected chi connectivity index (χ0v) is 7.68. The maximum absolute atomic E-state index is 12.0. The van der Waals surface area contributed by atoms with E-state index in [1.54, 1.807) is 0 Å². The first-order valence-corrected chi connectivity index (χ1v) is 4.68. The molecule has 1 N–H and O–H groups in total. The standard InChI is InChI=1S/C9H13F3O2/c10-9(11,12)5-7(8(13)14)4-6-2-1-3-6/h6-7H,1-5H2,(H,13,14)/t7-/m1/s1. The highest BCUT2D eigenvalue weighted by atomic mass is 19.4. The van der Waals surface area contributed by atoms with Crippen LogP contribution in [0.1, 0.15) is 32.1 Å². The summed E-state index contributed by atoms with van der Waals surface area (Å²) in [5, 5.41) is 8.61. The Balaban J connectivity index is 2.42. The largest absolute Gasteiger partial charge is 0.481 e. The minimum Gasteiger partial charge on any atom is -0.481 e. The molecule has 14 heavy (non-hydrogen) atoms.